The summed E-state index contributed by atoms with van der Waals surface area (Å²) < 4.78 is 0. The zero-order valence-electron chi connectivity index (χ0n) is 17.4. The number of nitrogens with one attached hydrogen (secondary N) is 1. The number of rotatable bonds is 17. The monoisotopic (exact) mass is 422 g/mol. The van der Waals surface area contributed by atoms with E-state index in [4.69, 9.17) is 25.5 Å². The number of aliphatic hydroxyl groups excluding tert-OH is 3. The predicted molar refractivity (Wildman–Crippen MR) is 108 cm³/mol. The van der Waals surface area contributed by atoms with Crippen LogP contribution in [-0.4, -0.2) is 93.8 Å². The average Bonchev–Trinajstić information content (AvgIpc) is 2.65. The SMILES string of the molecule is CCCCCCCC(=O)NC(CCC(=O)O)C(=O)O.OCCN(CCO)CCO. The molecule has 0 heterocycles. The van der Waals surface area contributed by atoms with Crippen molar-refractivity contribution in [2.45, 2.75) is 64.3 Å². The highest BCUT2D eigenvalue weighted by Gasteiger charge is 2.20. The number of carbonyl (C=O) groups is 3. The van der Waals surface area contributed by atoms with Gasteiger partial charge in [-0.1, -0.05) is 32.6 Å². The summed E-state index contributed by atoms with van der Waals surface area (Å²) in [7, 11) is 0. The van der Waals surface area contributed by atoms with Gasteiger partial charge in [-0.05, 0) is 12.8 Å². The van der Waals surface area contributed by atoms with Gasteiger partial charge in [0.1, 0.15) is 6.04 Å². The molecule has 0 aliphatic rings. The molecule has 0 aliphatic heterocycles. The standard InChI is InChI=1S/C13H23NO5.C6H15NO3/c1-2-3-4-5-6-7-11(15)14-10(13(18)19)8-9-12(16)17;8-4-1-7(2-5-9)3-6-10/h10H,2-9H2,1H3,(H,14,15)(H,16,17)(H,18,19);8-10H,1-6H2. The summed E-state index contributed by atoms with van der Waals surface area (Å²) in [6.07, 6.45) is 4.96. The van der Waals surface area contributed by atoms with E-state index in [1.807, 2.05) is 0 Å². The van der Waals surface area contributed by atoms with Crippen molar-refractivity contribution >= 4 is 17.8 Å². The molecule has 6 N–H and O–H groups in total. The third-order valence-electron chi connectivity index (χ3n) is 4.04. The Morgan fingerprint density at radius 3 is 1.76 bits per heavy atom. The van der Waals surface area contributed by atoms with Crippen LogP contribution in [0.5, 0.6) is 0 Å². The van der Waals surface area contributed by atoms with E-state index in [0.717, 1.165) is 32.1 Å². The Hall–Kier alpha value is -1.75. The first-order chi connectivity index (χ1) is 13.8. The first-order valence-electron chi connectivity index (χ1n) is 10.1. The number of carboxylic acids is 2. The molecule has 0 aromatic heterocycles. The minimum absolute atomic E-state index is 0.0694. The number of unbranched alkanes of at least 4 members (excludes halogenated alkanes) is 4. The van der Waals surface area contributed by atoms with Crippen LogP contribution in [-0.2, 0) is 14.4 Å². The van der Waals surface area contributed by atoms with Crippen LogP contribution in [0.3, 0.4) is 0 Å². The van der Waals surface area contributed by atoms with Crippen molar-refractivity contribution in [3.63, 3.8) is 0 Å². The van der Waals surface area contributed by atoms with E-state index in [-0.39, 0.29) is 38.6 Å². The van der Waals surface area contributed by atoms with Gasteiger partial charge < -0.3 is 30.8 Å². The summed E-state index contributed by atoms with van der Waals surface area (Å²) in [4.78, 5) is 34.5. The van der Waals surface area contributed by atoms with Gasteiger partial charge in [-0.3, -0.25) is 14.5 Å². The molecule has 29 heavy (non-hydrogen) atoms. The van der Waals surface area contributed by atoms with Gasteiger partial charge in [-0.25, -0.2) is 4.79 Å². The van der Waals surface area contributed by atoms with Crippen LogP contribution in [0.2, 0.25) is 0 Å². The second-order valence-corrected chi connectivity index (χ2v) is 6.57. The lowest BCUT2D eigenvalue weighted by Gasteiger charge is -2.17. The van der Waals surface area contributed by atoms with Crippen molar-refractivity contribution < 1.29 is 39.9 Å². The molecule has 1 atom stereocenters. The van der Waals surface area contributed by atoms with Crippen LogP contribution in [0, 0.1) is 0 Å². The van der Waals surface area contributed by atoms with Gasteiger partial charge in [0.15, 0.2) is 0 Å². The molecular formula is C19H38N2O8. The van der Waals surface area contributed by atoms with Crippen LogP contribution in [0.25, 0.3) is 0 Å². The normalized spacial score (nSPS) is 11.5. The molecule has 0 saturated carbocycles. The van der Waals surface area contributed by atoms with Crippen LogP contribution in [0.4, 0.5) is 0 Å². The zero-order valence-corrected chi connectivity index (χ0v) is 17.4. The number of hydrogen-bond acceptors (Lipinski definition) is 7. The van der Waals surface area contributed by atoms with Gasteiger partial charge in [0.25, 0.3) is 0 Å². The van der Waals surface area contributed by atoms with E-state index < -0.39 is 18.0 Å². The third-order valence-corrected chi connectivity index (χ3v) is 4.04. The number of hydrogen-bond donors (Lipinski definition) is 6. The molecule has 10 nitrogen and oxygen atoms in total. The van der Waals surface area contributed by atoms with E-state index in [9.17, 15) is 14.4 Å². The molecule has 1 amide bonds. The molecule has 1 unspecified atom stereocenters. The predicted octanol–water partition coefficient (Wildman–Crippen LogP) is 0.0464. The summed E-state index contributed by atoms with van der Waals surface area (Å²) in [6.45, 7) is 3.86. The molecular weight excluding hydrogens is 384 g/mol. The summed E-state index contributed by atoms with van der Waals surface area (Å²) in [6, 6.07) is -1.11. The third kappa shape index (κ3) is 20.8. The highest BCUT2D eigenvalue weighted by molar-refractivity contribution is 5.83. The maximum atomic E-state index is 11.5. The Morgan fingerprint density at radius 2 is 1.34 bits per heavy atom. The number of nitrogens with zero attached hydrogens (tertiary/aromatic N) is 1. The number of amides is 1. The Bertz CT molecular complexity index is 420. The Morgan fingerprint density at radius 1 is 0.828 bits per heavy atom. The van der Waals surface area contributed by atoms with Crippen LogP contribution >= 0.6 is 0 Å². The molecule has 0 aliphatic carbocycles. The molecule has 0 rings (SSSR count). The molecule has 172 valence electrons. The highest BCUT2D eigenvalue weighted by atomic mass is 16.4. The number of aliphatic hydroxyl groups is 3. The highest BCUT2D eigenvalue weighted by Crippen LogP contribution is 2.06. The van der Waals surface area contributed by atoms with Crippen molar-refractivity contribution in [2.24, 2.45) is 0 Å². The lowest BCUT2D eigenvalue weighted by atomic mass is 10.1. The smallest absolute Gasteiger partial charge is 0.326 e. The second kappa shape index (κ2) is 21.0. The van der Waals surface area contributed by atoms with Gasteiger partial charge in [-0.2, -0.15) is 0 Å². The van der Waals surface area contributed by atoms with E-state index in [1.54, 1.807) is 4.90 Å². The Balaban J connectivity index is 0. The van der Waals surface area contributed by atoms with Crippen molar-refractivity contribution in [2.75, 3.05) is 39.5 Å². The lowest BCUT2D eigenvalue weighted by molar-refractivity contribution is -0.143. The molecule has 0 aromatic carbocycles. The first-order valence-corrected chi connectivity index (χ1v) is 10.1. The van der Waals surface area contributed by atoms with E-state index in [1.165, 1.54) is 0 Å². The van der Waals surface area contributed by atoms with Gasteiger partial charge in [-0.15, -0.1) is 0 Å². The second-order valence-electron chi connectivity index (χ2n) is 6.57. The van der Waals surface area contributed by atoms with Gasteiger partial charge >= 0.3 is 11.9 Å². The Kier molecular flexibility index (Phi) is 21.3. The summed E-state index contributed by atoms with van der Waals surface area (Å²) in [5, 5.41) is 45.2. The molecule has 0 aromatic rings. The summed E-state index contributed by atoms with van der Waals surface area (Å²) in [5.74, 6) is -2.59. The largest absolute Gasteiger partial charge is 0.481 e. The van der Waals surface area contributed by atoms with Crippen molar-refractivity contribution in [1.82, 2.24) is 10.2 Å². The number of carboxylic acid groups (broad SMARTS) is 2. The molecule has 0 radical (unpaired) electrons. The summed E-state index contributed by atoms with van der Waals surface area (Å²) >= 11 is 0. The van der Waals surface area contributed by atoms with Crippen molar-refractivity contribution in [3.8, 4) is 0 Å². The maximum Gasteiger partial charge on any atom is 0.326 e. The average molecular weight is 423 g/mol. The Labute approximate surface area is 172 Å². The lowest BCUT2D eigenvalue weighted by Crippen LogP contribution is -2.41. The number of carbonyl (C=O) groups excluding carboxylic acids is 1. The van der Waals surface area contributed by atoms with Crippen LogP contribution in [0.1, 0.15) is 58.3 Å². The van der Waals surface area contributed by atoms with E-state index in [0.29, 0.717) is 26.1 Å². The van der Waals surface area contributed by atoms with E-state index in [2.05, 4.69) is 12.2 Å². The minimum atomic E-state index is -1.19. The van der Waals surface area contributed by atoms with Crippen LogP contribution < -0.4 is 5.32 Å². The van der Waals surface area contributed by atoms with Crippen molar-refractivity contribution in [3.05, 3.63) is 0 Å². The topological polar surface area (TPSA) is 168 Å². The van der Waals surface area contributed by atoms with Crippen molar-refractivity contribution in [1.29, 1.82) is 0 Å². The fourth-order valence-electron chi connectivity index (χ4n) is 2.44. The molecule has 0 fully saturated rings. The fourth-order valence-corrected chi connectivity index (χ4v) is 2.44. The quantitative estimate of drug-likeness (QED) is 0.177. The minimum Gasteiger partial charge on any atom is -0.481 e. The molecule has 0 spiro atoms. The fraction of sp³-hybridized carbons (Fsp3) is 0.842. The maximum absolute atomic E-state index is 11.5. The number of aliphatic carboxylic acids is 2. The molecule has 0 bridgehead atoms. The molecule has 0 saturated heterocycles. The first kappa shape index (κ1) is 29.5. The zero-order chi connectivity index (χ0) is 22.5. The molecule has 10 heteroatoms. The summed E-state index contributed by atoms with van der Waals surface area (Å²) in [5.41, 5.74) is 0. The van der Waals surface area contributed by atoms with Gasteiger partial charge in [0.2, 0.25) is 5.91 Å². The van der Waals surface area contributed by atoms with Gasteiger partial charge in [0.05, 0.1) is 19.8 Å². The van der Waals surface area contributed by atoms with Crippen LogP contribution in [0.15, 0.2) is 0 Å². The van der Waals surface area contributed by atoms with E-state index >= 15 is 0 Å². The van der Waals surface area contributed by atoms with Gasteiger partial charge in [0, 0.05) is 32.5 Å².